The van der Waals surface area contributed by atoms with Crippen molar-refractivity contribution in [3.05, 3.63) is 59.4 Å². The molecule has 0 aliphatic heterocycles. The maximum atomic E-state index is 12.9. The van der Waals surface area contributed by atoms with Crippen LogP contribution in [-0.4, -0.2) is 31.4 Å². The monoisotopic (exact) mass is 364 g/mol. The van der Waals surface area contributed by atoms with Crippen molar-refractivity contribution < 1.29 is 18.9 Å². The Labute approximate surface area is 150 Å². The number of anilines is 2. The summed E-state index contributed by atoms with van der Waals surface area (Å²) in [5.74, 6) is -0.821. The van der Waals surface area contributed by atoms with Gasteiger partial charge >= 0.3 is 0 Å². The number of nitrogens with one attached hydrogen (secondary N) is 3. The Kier molecular flexibility index (Phi) is 6.50. The van der Waals surface area contributed by atoms with Gasteiger partial charge in [0.25, 0.3) is 11.8 Å². The van der Waals surface area contributed by atoms with E-state index in [0.717, 1.165) is 4.90 Å². The molecule has 2 aromatic carbocycles. The van der Waals surface area contributed by atoms with E-state index in [2.05, 4.69) is 10.6 Å². The van der Waals surface area contributed by atoms with Crippen LogP contribution in [0.15, 0.2) is 48.5 Å². The highest BCUT2D eigenvalue weighted by Gasteiger charge is 2.24. The van der Waals surface area contributed by atoms with Gasteiger partial charge in [0.15, 0.2) is 12.6 Å². The summed E-state index contributed by atoms with van der Waals surface area (Å²) in [5, 5.41) is 6.05. The van der Waals surface area contributed by atoms with Gasteiger partial charge in [-0.25, -0.2) is 4.39 Å². The minimum Gasteiger partial charge on any atom is -0.321 e. The topological polar surface area (TPSA) is 62.6 Å². The molecule has 0 saturated heterocycles. The number of benzene rings is 2. The summed E-state index contributed by atoms with van der Waals surface area (Å²) in [5.41, 5.74) is 1.15. The number of quaternary nitrogens is 1. The summed E-state index contributed by atoms with van der Waals surface area (Å²) in [6, 6.07) is 11.9. The molecular formula is C18H20ClFN3O2+. The normalized spacial score (nSPS) is 13.0. The largest absolute Gasteiger partial charge is 0.321 e. The van der Waals surface area contributed by atoms with Gasteiger partial charge < -0.3 is 15.5 Å². The van der Waals surface area contributed by atoms with Gasteiger partial charge in [0.2, 0.25) is 0 Å². The zero-order valence-electron chi connectivity index (χ0n) is 14.0. The number of carbonyl (C=O) groups excluding carboxylic acids is 2. The van der Waals surface area contributed by atoms with Gasteiger partial charge in [-0.1, -0.05) is 11.6 Å². The van der Waals surface area contributed by atoms with E-state index in [1.807, 2.05) is 0 Å². The molecule has 0 aromatic heterocycles. The third-order valence-electron chi connectivity index (χ3n) is 3.81. The van der Waals surface area contributed by atoms with E-state index < -0.39 is 6.04 Å². The van der Waals surface area contributed by atoms with Crippen molar-refractivity contribution in [2.45, 2.75) is 13.0 Å². The molecule has 0 radical (unpaired) electrons. The van der Waals surface area contributed by atoms with Gasteiger partial charge in [-0.05, 0) is 55.5 Å². The molecule has 0 bridgehead atoms. The Bertz CT molecular complexity index is 735. The molecule has 2 atom stereocenters. The molecule has 2 rings (SSSR count). The molecule has 25 heavy (non-hydrogen) atoms. The average Bonchev–Trinajstić information content (AvgIpc) is 2.58. The first kappa shape index (κ1) is 18.9. The minimum absolute atomic E-state index is 0.104. The third-order valence-corrected chi connectivity index (χ3v) is 4.06. The van der Waals surface area contributed by atoms with Crippen LogP contribution in [0, 0.1) is 5.82 Å². The molecule has 0 aliphatic rings. The van der Waals surface area contributed by atoms with Crippen LogP contribution in [-0.2, 0) is 9.59 Å². The first-order valence-corrected chi connectivity index (χ1v) is 8.17. The standard InChI is InChI=1S/C18H19ClFN3O2/c1-12(18(25)22-16-7-3-13(19)4-8-16)23(2)11-17(24)21-15-9-5-14(20)6-10-15/h3-10,12H,11H2,1-2H3,(H,21,24)(H,22,25)/p+1/t12-/m0/s1. The Morgan fingerprint density at radius 3 is 2.16 bits per heavy atom. The van der Waals surface area contributed by atoms with E-state index in [0.29, 0.717) is 16.4 Å². The summed E-state index contributed by atoms with van der Waals surface area (Å²) in [7, 11) is 1.76. The minimum atomic E-state index is -0.436. The highest BCUT2D eigenvalue weighted by Crippen LogP contribution is 2.13. The second-order valence-corrected chi connectivity index (χ2v) is 6.23. The molecule has 0 saturated carbocycles. The van der Waals surface area contributed by atoms with Crippen LogP contribution >= 0.6 is 11.6 Å². The third kappa shape index (κ3) is 5.85. The van der Waals surface area contributed by atoms with E-state index in [1.54, 1.807) is 38.2 Å². The fraction of sp³-hybridized carbons (Fsp3) is 0.222. The summed E-state index contributed by atoms with van der Waals surface area (Å²) in [4.78, 5) is 25.1. The van der Waals surface area contributed by atoms with E-state index in [4.69, 9.17) is 11.6 Å². The molecule has 0 fully saturated rings. The highest BCUT2D eigenvalue weighted by molar-refractivity contribution is 6.30. The highest BCUT2D eigenvalue weighted by atomic mass is 35.5. The van der Waals surface area contributed by atoms with Gasteiger partial charge in [0.1, 0.15) is 5.82 Å². The number of likely N-dealkylation sites (N-methyl/N-ethyl adjacent to an activating group) is 1. The number of amides is 2. The van der Waals surface area contributed by atoms with Crippen molar-refractivity contribution in [3.63, 3.8) is 0 Å². The van der Waals surface area contributed by atoms with Crippen LogP contribution in [0.1, 0.15) is 6.92 Å². The van der Waals surface area contributed by atoms with Crippen LogP contribution in [0.5, 0.6) is 0 Å². The number of hydrogen-bond donors (Lipinski definition) is 3. The summed E-state index contributed by atoms with van der Waals surface area (Å²) < 4.78 is 12.9. The van der Waals surface area contributed by atoms with E-state index in [9.17, 15) is 14.0 Å². The quantitative estimate of drug-likeness (QED) is 0.733. The smallest absolute Gasteiger partial charge is 0.282 e. The molecule has 0 spiro atoms. The van der Waals surface area contributed by atoms with Gasteiger partial charge in [-0.2, -0.15) is 0 Å². The Morgan fingerprint density at radius 1 is 1.04 bits per heavy atom. The number of carbonyl (C=O) groups is 2. The second kappa shape index (κ2) is 8.60. The predicted octanol–water partition coefficient (Wildman–Crippen LogP) is 1.96. The van der Waals surface area contributed by atoms with Gasteiger partial charge in [0, 0.05) is 16.4 Å². The second-order valence-electron chi connectivity index (χ2n) is 5.80. The van der Waals surface area contributed by atoms with Crippen LogP contribution in [0.3, 0.4) is 0 Å². The van der Waals surface area contributed by atoms with E-state index in [-0.39, 0.29) is 24.2 Å². The lowest BCUT2D eigenvalue weighted by molar-refractivity contribution is -0.885. The Balaban J connectivity index is 1.86. The zero-order valence-corrected chi connectivity index (χ0v) is 14.7. The Hall–Kier alpha value is -2.44. The van der Waals surface area contributed by atoms with Gasteiger partial charge in [-0.3, -0.25) is 9.59 Å². The number of hydrogen-bond acceptors (Lipinski definition) is 2. The van der Waals surface area contributed by atoms with Crippen molar-refractivity contribution in [2.75, 3.05) is 24.2 Å². The summed E-state index contributed by atoms with van der Waals surface area (Å²) in [6.45, 7) is 1.85. The lowest BCUT2D eigenvalue weighted by atomic mass is 10.2. The summed E-state index contributed by atoms with van der Waals surface area (Å²) >= 11 is 5.81. The van der Waals surface area contributed by atoms with Crippen molar-refractivity contribution >= 4 is 34.8 Å². The molecule has 1 unspecified atom stereocenters. The fourth-order valence-electron chi connectivity index (χ4n) is 2.15. The molecule has 5 nitrogen and oxygen atoms in total. The molecule has 2 amide bonds. The zero-order chi connectivity index (χ0) is 18.4. The predicted molar refractivity (Wildman–Crippen MR) is 96.3 cm³/mol. The molecular weight excluding hydrogens is 345 g/mol. The molecule has 7 heteroatoms. The number of halogens is 2. The van der Waals surface area contributed by atoms with Crippen LogP contribution in [0.25, 0.3) is 0 Å². The van der Waals surface area contributed by atoms with Gasteiger partial charge in [0.05, 0.1) is 7.05 Å². The lowest BCUT2D eigenvalue weighted by Crippen LogP contribution is -3.14. The fourth-order valence-corrected chi connectivity index (χ4v) is 2.28. The van der Waals surface area contributed by atoms with Crippen molar-refractivity contribution in [1.29, 1.82) is 0 Å². The summed E-state index contributed by atoms with van der Waals surface area (Å²) in [6.07, 6.45) is 0. The van der Waals surface area contributed by atoms with Crippen molar-refractivity contribution in [3.8, 4) is 0 Å². The first-order valence-electron chi connectivity index (χ1n) is 7.79. The SMILES string of the molecule is C[C@@H](C(=O)Nc1ccc(Cl)cc1)[NH+](C)CC(=O)Nc1ccc(F)cc1. The molecule has 0 aliphatic carbocycles. The maximum absolute atomic E-state index is 12.9. The van der Waals surface area contributed by atoms with E-state index >= 15 is 0 Å². The van der Waals surface area contributed by atoms with Crippen molar-refractivity contribution in [2.24, 2.45) is 0 Å². The molecule has 0 heterocycles. The first-order chi connectivity index (χ1) is 11.8. The molecule has 132 valence electrons. The number of rotatable bonds is 6. The van der Waals surface area contributed by atoms with Crippen molar-refractivity contribution in [1.82, 2.24) is 0 Å². The average molecular weight is 365 g/mol. The van der Waals surface area contributed by atoms with Gasteiger partial charge in [-0.15, -0.1) is 0 Å². The lowest BCUT2D eigenvalue weighted by Gasteiger charge is -2.20. The molecule has 3 N–H and O–H groups in total. The van der Waals surface area contributed by atoms with Crippen LogP contribution in [0.4, 0.5) is 15.8 Å². The molecule has 2 aromatic rings. The Morgan fingerprint density at radius 2 is 1.56 bits per heavy atom. The van der Waals surface area contributed by atoms with Crippen LogP contribution in [0.2, 0.25) is 5.02 Å². The van der Waals surface area contributed by atoms with Crippen LogP contribution < -0.4 is 15.5 Å². The maximum Gasteiger partial charge on any atom is 0.282 e. The van der Waals surface area contributed by atoms with E-state index in [1.165, 1.54) is 24.3 Å².